The summed E-state index contributed by atoms with van der Waals surface area (Å²) in [5, 5.41) is 12.9. The van der Waals surface area contributed by atoms with Gasteiger partial charge in [0.2, 0.25) is 5.13 Å². The molecular formula is C11H12FN3S. The zero-order valence-electron chi connectivity index (χ0n) is 8.90. The van der Waals surface area contributed by atoms with E-state index in [1.165, 1.54) is 23.5 Å². The maximum atomic E-state index is 12.7. The topological polar surface area (TPSA) is 37.8 Å². The van der Waals surface area contributed by atoms with Gasteiger partial charge in [0, 0.05) is 13.0 Å². The van der Waals surface area contributed by atoms with Crippen molar-refractivity contribution in [3.63, 3.8) is 0 Å². The van der Waals surface area contributed by atoms with Crippen LogP contribution in [0.2, 0.25) is 0 Å². The molecule has 0 fully saturated rings. The largest absolute Gasteiger partial charge is 0.360 e. The second-order valence-electron chi connectivity index (χ2n) is 3.33. The van der Waals surface area contributed by atoms with Crippen LogP contribution in [0.1, 0.15) is 17.5 Å². The first-order valence-corrected chi connectivity index (χ1v) is 5.90. The molecule has 2 aromatic rings. The summed E-state index contributed by atoms with van der Waals surface area (Å²) in [6.45, 7) is 2.85. The van der Waals surface area contributed by atoms with Crippen LogP contribution >= 0.6 is 11.3 Å². The van der Waals surface area contributed by atoms with Gasteiger partial charge in [-0.3, -0.25) is 0 Å². The molecule has 0 aliphatic rings. The first-order valence-electron chi connectivity index (χ1n) is 5.08. The van der Waals surface area contributed by atoms with E-state index in [2.05, 4.69) is 15.5 Å². The Morgan fingerprint density at radius 2 is 2.00 bits per heavy atom. The van der Waals surface area contributed by atoms with E-state index in [9.17, 15) is 4.39 Å². The predicted octanol–water partition coefficient (Wildman–Crippen LogP) is 2.70. The molecule has 1 aromatic carbocycles. The van der Waals surface area contributed by atoms with Gasteiger partial charge in [-0.25, -0.2) is 4.39 Å². The number of hydrogen-bond acceptors (Lipinski definition) is 4. The first kappa shape index (κ1) is 11.0. The smallest absolute Gasteiger partial charge is 0.205 e. The summed E-state index contributed by atoms with van der Waals surface area (Å²) in [6.07, 6.45) is 0.698. The molecule has 1 heterocycles. The lowest BCUT2D eigenvalue weighted by Gasteiger charge is -1.96. The van der Waals surface area contributed by atoms with Gasteiger partial charge in [0.05, 0.1) is 0 Å². The molecule has 0 unspecified atom stereocenters. The van der Waals surface area contributed by atoms with Crippen LogP contribution in [0.5, 0.6) is 0 Å². The Balaban J connectivity index is 2.05. The summed E-state index contributed by atoms with van der Waals surface area (Å²) in [7, 11) is 0. The number of halogens is 1. The number of benzene rings is 1. The van der Waals surface area contributed by atoms with E-state index < -0.39 is 0 Å². The molecule has 1 aromatic heterocycles. The molecule has 0 bridgehead atoms. The second-order valence-corrected chi connectivity index (χ2v) is 4.40. The van der Waals surface area contributed by atoms with Crippen LogP contribution in [0, 0.1) is 5.82 Å². The normalized spacial score (nSPS) is 10.4. The third-order valence-corrected chi connectivity index (χ3v) is 2.94. The quantitative estimate of drug-likeness (QED) is 0.888. The zero-order valence-corrected chi connectivity index (χ0v) is 9.72. The molecule has 0 saturated heterocycles. The number of nitrogens with one attached hydrogen (secondary N) is 1. The first-order chi connectivity index (χ1) is 7.78. The lowest BCUT2D eigenvalue weighted by Crippen LogP contribution is -1.94. The molecular weight excluding hydrogens is 225 g/mol. The Morgan fingerprint density at radius 1 is 1.25 bits per heavy atom. The highest BCUT2D eigenvalue weighted by Crippen LogP contribution is 2.18. The minimum atomic E-state index is -0.214. The molecule has 16 heavy (non-hydrogen) atoms. The zero-order chi connectivity index (χ0) is 11.4. The lowest BCUT2D eigenvalue weighted by molar-refractivity contribution is 0.627. The molecule has 5 heteroatoms. The van der Waals surface area contributed by atoms with Gasteiger partial charge in [0.1, 0.15) is 10.8 Å². The summed E-state index contributed by atoms with van der Waals surface area (Å²) in [4.78, 5) is 0. The van der Waals surface area contributed by atoms with Crippen LogP contribution in [0.4, 0.5) is 9.52 Å². The van der Waals surface area contributed by atoms with Crippen molar-refractivity contribution in [1.29, 1.82) is 0 Å². The van der Waals surface area contributed by atoms with E-state index in [1.54, 1.807) is 12.1 Å². The summed E-state index contributed by atoms with van der Waals surface area (Å²) in [6, 6.07) is 6.45. The van der Waals surface area contributed by atoms with Crippen molar-refractivity contribution in [1.82, 2.24) is 10.2 Å². The van der Waals surface area contributed by atoms with Gasteiger partial charge >= 0.3 is 0 Å². The van der Waals surface area contributed by atoms with Crippen molar-refractivity contribution < 1.29 is 4.39 Å². The highest BCUT2D eigenvalue weighted by molar-refractivity contribution is 7.15. The van der Waals surface area contributed by atoms with Gasteiger partial charge in [-0.1, -0.05) is 23.5 Å². The van der Waals surface area contributed by atoms with Crippen LogP contribution in [0.3, 0.4) is 0 Å². The van der Waals surface area contributed by atoms with E-state index >= 15 is 0 Å². The molecule has 0 radical (unpaired) electrons. The Kier molecular flexibility index (Phi) is 3.46. The van der Waals surface area contributed by atoms with Gasteiger partial charge in [0.25, 0.3) is 0 Å². The van der Waals surface area contributed by atoms with Crippen molar-refractivity contribution >= 4 is 16.5 Å². The minimum Gasteiger partial charge on any atom is -0.360 e. The van der Waals surface area contributed by atoms with E-state index in [1.807, 2.05) is 6.92 Å². The number of hydrogen-bond donors (Lipinski definition) is 1. The summed E-state index contributed by atoms with van der Waals surface area (Å²) in [5.74, 6) is -0.214. The molecule has 0 amide bonds. The van der Waals surface area contributed by atoms with Gasteiger partial charge in [0.15, 0.2) is 0 Å². The van der Waals surface area contributed by atoms with Crippen LogP contribution in [0.15, 0.2) is 24.3 Å². The van der Waals surface area contributed by atoms with Crippen LogP contribution in [-0.2, 0) is 6.42 Å². The lowest BCUT2D eigenvalue weighted by atomic mass is 10.2. The fourth-order valence-electron chi connectivity index (χ4n) is 1.32. The molecule has 0 saturated carbocycles. The third kappa shape index (κ3) is 2.76. The van der Waals surface area contributed by atoms with Crippen LogP contribution in [-0.4, -0.2) is 16.7 Å². The average Bonchev–Trinajstić information content (AvgIpc) is 2.70. The van der Waals surface area contributed by atoms with Gasteiger partial charge in [-0.2, -0.15) is 0 Å². The van der Waals surface area contributed by atoms with Crippen LogP contribution < -0.4 is 5.32 Å². The van der Waals surface area contributed by atoms with Gasteiger partial charge in [-0.05, 0) is 24.6 Å². The average molecular weight is 237 g/mol. The molecule has 0 spiro atoms. The highest BCUT2D eigenvalue weighted by atomic mass is 32.1. The Labute approximate surface area is 97.3 Å². The van der Waals surface area contributed by atoms with E-state index in [4.69, 9.17) is 0 Å². The SMILES string of the molecule is CCNc1nnc(Cc2ccc(F)cc2)s1. The number of anilines is 1. The number of rotatable bonds is 4. The Morgan fingerprint density at radius 3 is 2.69 bits per heavy atom. The summed E-state index contributed by atoms with van der Waals surface area (Å²) in [5.41, 5.74) is 1.04. The summed E-state index contributed by atoms with van der Waals surface area (Å²) < 4.78 is 12.7. The van der Waals surface area contributed by atoms with Crippen LogP contribution in [0.25, 0.3) is 0 Å². The summed E-state index contributed by atoms with van der Waals surface area (Å²) >= 11 is 1.53. The maximum absolute atomic E-state index is 12.7. The monoisotopic (exact) mass is 237 g/mol. The van der Waals surface area contributed by atoms with Crippen molar-refractivity contribution in [2.45, 2.75) is 13.3 Å². The molecule has 1 N–H and O–H groups in total. The van der Waals surface area contributed by atoms with Gasteiger partial charge < -0.3 is 5.32 Å². The maximum Gasteiger partial charge on any atom is 0.205 e. The Bertz CT molecular complexity index is 453. The standard InChI is InChI=1S/C11H12FN3S/c1-2-13-11-15-14-10(16-11)7-8-3-5-9(12)6-4-8/h3-6H,2,7H2,1H3,(H,13,15). The van der Waals surface area contributed by atoms with Gasteiger partial charge in [-0.15, -0.1) is 10.2 Å². The molecule has 3 nitrogen and oxygen atoms in total. The Hall–Kier alpha value is -1.49. The van der Waals surface area contributed by atoms with Crippen molar-refractivity contribution in [2.24, 2.45) is 0 Å². The van der Waals surface area contributed by atoms with E-state index in [0.29, 0.717) is 6.42 Å². The number of nitrogens with zero attached hydrogens (tertiary/aromatic N) is 2. The van der Waals surface area contributed by atoms with E-state index in [-0.39, 0.29) is 5.82 Å². The molecule has 2 rings (SSSR count). The second kappa shape index (κ2) is 5.03. The van der Waals surface area contributed by atoms with E-state index in [0.717, 1.165) is 22.2 Å². The third-order valence-electron chi connectivity index (χ3n) is 2.06. The predicted molar refractivity (Wildman–Crippen MR) is 63.3 cm³/mol. The molecule has 84 valence electrons. The number of aromatic nitrogens is 2. The highest BCUT2D eigenvalue weighted by Gasteiger charge is 2.04. The molecule has 0 aliphatic heterocycles. The molecule has 0 atom stereocenters. The van der Waals surface area contributed by atoms with Crippen molar-refractivity contribution in [3.8, 4) is 0 Å². The molecule has 0 aliphatic carbocycles. The van der Waals surface area contributed by atoms with Crippen molar-refractivity contribution in [3.05, 3.63) is 40.7 Å². The minimum absolute atomic E-state index is 0.214. The fraction of sp³-hybridized carbons (Fsp3) is 0.273. The fourth-order valence-corrected chi connectivity index (χ4v) is 2.17. The van der Waals surface area contributed by atoms with Crippen molar-refractivity contribution in [2.75, 3.05) is 11.9 Å².